The maximum Gasteiger partial charge on any atom is 0.319 e. The van der Waals surface area contributed by atoms with Gasteiger partial charge in [-0.05, 0) is 18.6 Å². The number of hydrogen-bond acceptors (Lipinski definition) is 3. The largest absolute Gasteiger partial charge is 0.394 e. The zero-order valence-corrected chi connectivity index (χ0v) is 12.7. The lowest BCUT2D eigenvalue weighted by molar-refractivity contribution is 0.185. The second kappa shape index (κ2) is 8.14. The van der Waals surface area contributed by atoms with Gasteiger partial charge in [0.25, 0.3) is 0 Å². The van der Waals surface area contributed by atoms with E-state index in [1.807, 2.05) is 19.1 Å². The zero-order chi connectivity index (χ0) is 14.3. The van der Waals surface area contributed by atoms with E-state index >= 15 is 0 Å². The highest BCUT2D eigenvalue weighted by Gasteiger charge is 2.12. The molecule has 0 aliphatic heterocycles. The van der Waals surface area contributed by atoms with Crippen LogP contribution in [0.4, 0.5) is 10.5 Å². The van der Waals surface area contributed by atoms with Crippen LogP contribution in [0.25, 0.3) is 0 Å². The first-order valence-electron chi connectivity index (χ1n) is 6.07. The van der Waals surface area contributed by atoms with Crippen LogP contribution in [0.3, 0.4) is 0 Å². The molecule has 19 heavy (non-hydrogen) atoms. The summed E-state index contributed by atoms with van der Waals surface area (Å²) in [5.74, 6) is 0. The first-order chi connectivity index (χ1) is 9.12. The van der Waals surface area contributed by atoms with Gasteiger partial charge in [0.2, 0.25) is 0 Å². The average Bonchev–Trinajstić information content (AvgIpc) is 2.40. The number of aliphatic hydroxyl groups is 1. The Kier molecular flexibility index (Phi) is 6.83. The van der Waals surface area contributed by atoms with Crippen molar-refractivity contribution in [2.24, 2.45) is 0 Å². The molecule has 0 saturated carbocycles. The topological polar surface area (TPSA) is 70.6 Å². The van der Waals surface area contributed by atoms with Crippen molar-refractivity contribution in [2.75, 3.05) is 19.0 Å². The summed E-state index contributed by atoms with van der Waals surface area (Å²) < 4.78 is 5.99. The Morgan fingerprint density at radius 3 is 2.84 bits per heavy atom. The summed E-state index contributed by atoms with van der Waals surface area (Å²) in [6.45, 7) is 2.22. The van der Waals surface area contributed by atoms with Gasteiger partial charge in [-0.15, -0.1) is 0 Å². The lowest BCUT2D eigenvalue weighted by Crippen LogP contribution is -2.39. The van der Waals surface area contributed by atoms with Crippen LogP contribution in [0.1, 0.15) is 18.9 Å². The number of carbonyl (C=O) groups excluding carboxylic acids is 1. The molecular formula is C13H19BrN2O3. The Bertz CT molecular complexity index is 422. The average molecular weight is 331 g/mol. The summed E-state index contributed by atoms with van der Waals surface area (Å²) in [5, 5.41) is 14.5. The number of carbonyl (C=O) groups is 1. The Morgan fingerprint density at radius 1 is 1.53 bits per heavy atom. The number of methoxy groups -OCH3 is 1. The van der Waals surface area contributed by atoms with E-state index in [0.717, 1.165) is 10.0 Å². The molecule has 0 aliphatic carbocycles. The predicted molar refractivity (Wildman–Crippen MR) is 78.2 cm³/mol. The third kappa shape index (κ3) is 4.81. The van der Waals surface area contributed by atoms with Gasteiger partial charge in [0.1, 0.15) is 0 Å². The normalized spacial score (nSPS) is 12.0. The summed E-state index contributed by atoms with van der Waals surface area (Å²) in [6, 6.07) is 4.95. The summed E-state index contributed by atoms with van der Waals surface area (Å²) in [4.78, 5) is 11.8. The molecule has 3 N–H and O–H groups in total. The van der Waals surface area contributed by atoms with E-state index in [9.17, 15) is 4.79 Å². The SMILES string of the molecule is CCC(CO)NC(=O)Nc1cccc(Br)c1COC. The van der Waals surface area contributed by atoms with Gasteiger partial charge in [-0.25, -0.2) is 4.79 Å². The van der Waals surface area contributed by atoms with Gasteiger partial charge in [-0.3, -0.25) is 0 Å². The Hall–Kier alpha value is -1.11. The van der Waals surface area contributed by atoms with E-state index in [-0.39, 0.29) is 18.7 Å². The van der Waals surface area contributed by atoms with Gasteiger partial charge < -0.3 is 20.5 Å². The van der Waals surface area contributed by atoms with Crippen LogP contribution in [0, 0.1) is 0 Å². The molecule has 0 spiro atoms. The highest BCUT2D eigenvalue weighted by atomic mass is 79.9. The molecule has 5 nitrogen and oxygen atoms in total. The van der Waals surface area contributed by atoms with Crippen molar-refractivity contribution in [3.05, 3.63) is 28.2 Å². The summed E-state index contributed by atoms with van der Waals surface area (Å²) in [5.41, 5.74) is 1.55. The third-order valence-corrected chi connectivity index (χ3v) is 3.45. The van der Waals surface area contributed by atoms with Crippen LogP contribution in [-0.2, 0) is 11.3 Å². The minimum absolute atomic E-state index is 0.0761. The third-order valence-electron chi connectivity index (χ3n) is 2.70. The van der Waals surface area contributed by atoms with Crippen LogP contribution >= 0.6 is 15.9 Å². The number of rotatable bonds is 6. The maximum atomic E-state index is 11.8. The molecule has 0 saturated heterocycles. The second-order valence-corrected chi connectivity index (χ2v) is 4.94. The molecule has 0 bridgehead atoms. The number of anilines is 1. The standard InChI is InChI=1S/C13H19BrN2O3/c1-3-9(7-17)15-13(18)16-12-6-4-5-11(14)10(12)8-19-2/h4-6,9,17H,3,7-8H2,1-2H3,(H2,15,16,18). The quantitative estimate of drug-likeness (QED) is 0.750. The number of aliphatic hydroxyl groups excluding tert-OH is 1. The number of benzene rings is 1. The molecule has 1 unspecified atom stereocenters. The van der Waals surface area contributed by atoms with Crippen LogP contribution in [0.5, 0.6) is 0 Å². The van der Waals surface area contributed by atoms with Gasteiger partial charge in [-0.1, -0.05) is 28.9 Å². The minimum Gasteiger partial charge on any atom is -0.394 e. The van der Waals surface area contributed by atoms with Crippen LogP contribution < -0.4 is 10.6 Å². The van der Waals surface area contributed by atoms with Crippen LogP contribution in [0.15, 0.2) is 22.7 Å². The lowest BCUT2D eigenvalue weighted by atomic mass is 10.2. The molecule has 0 radical (unpaired) electrons. The second-order valence-electron chi connectivity index (χ2n) is 4.09. The maximum absolute atomic E-state index is 11.8. The smallest absolute Gasteiger partial charge is 0.319 e. The molecule has 0 heterocycles. The first kappa shape index (κ1) is 15.9. The molecule has 1 aromatic rings. The van der Waals surface area contributed by atoms with Crippen molar-refractivity contribution in [1.29, 1.82) is 0 Å². The van der Waals surface area contributed by atoms with Crippen molar-refractivity contribution >= 4 is 27.6 Å². The molecule has 1 atom stereocenters. The Balaban J connectivity index is 2.76. The summed E-state index contributed by atoms with van der Waals surface area (Å²) >= 11 is 3.42. The van der Waals surface area contributed by atoms with Gasteiger partial charge in [0, 0.05) is 22.8 Å². The van der Waals surface area contributed by atoms with Crippen molar-refractivity contribution in [2.45, 2.75) is 26.0 Å². The van der Waals surface area contributed by atoms with Crippen LogP contribution in [-0.4, -0.2) is 30.9 Å². The van der Waals surface area contributed by atoms with Crippen molar-refractivity contribution in [3.63, 3.8) is 0 Å². The fourth-order valence-corrected chi connectivity index (χ4v) is 2.07. The number of hydrogen-bond donors (Lipinski definition) is 3. The van der Waals surface area contributed by atoms with Gasteiger partial charge in [0.15, 0.2) is 0 Å². The number of urea groups is 1. The molecular weight excluding hydrogens is 312 g/mol. The van der Waals surface area contributed by atoms with E-state index < -0.39 is 0 Å². The van der Waals surface area contributed by atoms with Gasteiger partial charge >= 0.3 is 6.03 Å². The van der Waals surface area contributed by atoms with Crippen molar-refractivity contribution in [1.82, 2.24) is 5.32 Å². The Labute approximate surface area is 121 Å². The predicted octanol–water partition coefficient (Wildman–Crippen LogP) is 2.49. The van der Waals surface area contributed by atoms with Crippen molar-refractivity contribution < 1.29 is 14.6 Å². The van der Waals surface area contributed by atoms with E-state index in [0.29, 0.717) is 18.7 Å². The molecule has 0 aliphatic rings. The van der Waals surface area contributed by atoms with Gasteiger partial charge in [-0.2, -0.15) is 0 Å². The summed E-state index contributed by atoms with van der Waals surface area (Å²) in [6.07, 6.45) is 0.674. The first-order valence-corrected chi connectivity index (χ1v) is 6.86. The number of amides is 2. The number of halogens is 1. The minimum atomic E-state index is -0.337. The molecule has 0 aromatic heterocycles. The van der Waals surface area contributed by atoms with Crippen LogP contribution in [0.2, 0.25) is 0 Å². The van der Waals surface area contributed by atoms with E-state index in [1.54, 1.807) is 13.2 Å². The molecule has 1 rings (SSSR count). The lowest BCUT2D eigenvalue weighted by Gasteiger charge is -2.17. The number of ether oxygens (including phenoxy) is 1. The molecule has 0 fully saturated rings. The summed E-state index contributed by atoms with van der Waals surface area (Å²) in [7, 11) is 1.60. The fraction of sp³-hybridized carbons (Fsp3) is 0.462. The highest BCUT2D eigenvalue weighted by Crippen LogP contribution is 2.25. The van der Waals surface area contributed by atoms with E-state index in [4.69, 9.17) is 9.84 Å². The van der Waals surface area contributed by atoms with Crippen molar-refractivity contribution in [3.8, 4) is 0 Å². The van der Waals surface area contributed by atoms with E-state index in [2.05, 4.69) is 26.6 Å². The molecule has 6 heteroatoms. The highest BCUT2D eigenvalue weighted by molar-refractivity contribution is 9.10. The zero-order valence-electron chi connectivity index (χ0n) is 11.1. The van der Waals surface area contributed by atoms with E-state index in [1.165, 1.54) is 0 Å². The Morgan fingerprint density at radius 2 is 2.26 bits per heavy atom. The van der Waals surface area contributed by atoms with Gasteiger partial charge in [0.05, 0.1) is 19.3 Å². The molecule has 1 aromatic carbocycles. The fourth-order valence-electron chi connectivity index (χ4n) is 1.59. The number of nitrogens with one attached hydrogen (secondary N) is 2. The molecule has 106 valence electrons. The molecule has 2 amide bonds. The monoisotopic (exact) mass is 330 g/mol.